The number of aromatic nitrogens is 1. The average Bonchev–Trinajstić information content (AvgIpc) is 2.56. The molecule has 1 aromatic rings. The zero-order chi connectivity index (χ0) is 9.26. The number of hydrogen-bond donors (Lipinski definition) is 1. The van der Waals surface area contributed by atoms with E-state index in [2.05, 4.69) is 20.9 Å². The third kappa shape index (κ3) is 1.85. The molecule has 0 saturated heterocycles. The van der Waals surface area contributed by atoms with Crippen molar-refractivity contribution in [2.24, 2.45) is 0 Å². The number of halogens is 1. The van der Waals surface area contributed by atoms with Crippen molar-refractivity contribution in [3.63, 3.8) is 0 Å². The summed E-state index contributed by atoms with van der Waals surface area (Å²) < 4.78 is 0.826. The van der Waals surface area contributed by atoms with Crippen molar-refractivity contribution in [2.75, 3.05) is 5.73 Å². The minimum absolute atomic E-state index is 0.653. The van der Waals surface area contributed by atoms with E-state index in [4.69, 9.17) is 5.73 Å². The van der Waals surface area contributed by atoms with E-state index in [0.29, 0.717) is 5.92 Å². The van der Waals surface area contributed by atoms with Crippen LogP contribution >= 0.6 is 15.9 Å². The van der Waals surface area contributed by atoms with Gasteiger partial charge in [-0.2, -0.15) is 0 Å². The summed E-state index contributed by atoms with van der Waals surface area (Å²) in [4.78, 5) is 4.22. The minimum Gasteiger partial charge on any atom is -0.398 e. The van der Waals surface area contributed by atoms with Crippen molar-refractivity contribution in [2.45, 2.75) is 31.6 Å². The lowest BCUT2D eigenvalue weighted by molar-refractivity contribution is 0.721. The van der Waals surface area contributed by atoms with Gasteiger partial charge in [-0.25, -0.2) is 4.98 Å². The van der Waals surface area contributed by atoms with Crippen LogP contribution in [0.15, 0.2) is 16.9 Å². The molecule has 70 valence electrons. The minimum atomic E-state index is 0.653. The molecule has 2 N–H and O–H groups in total. The Morgan fingerprint density at radius 3 is 2.69 bits per heavy atom. The smallest absolute Gasteiger partial charge is 0.108 e. The number of nitrogens with zero attached hydrogens (tertiary/aromatic N) is 1. The molecule has 1 aromatic heterocycles. The lowest BCUT2D eigenvalue weighted by Gasteiger charge is -2.11. The summed E-state index contributed by atoms with van der Waals surface area (Å²) in [7, 11) is 0. The first kappa shape index (κ1) is 9.00. The molecule has 3 heteroatoms. The highest BCUT2D eigenvalue weighted by Gasteiger charge is 2.19. The quantitative estimate of drug-likeness (QED) is 0.767. The number of anilines is 1. The molecule has 1 saturated carbocycles. The highest BCUT2D eigenvalue weighted by molar-refractivity contribution is 9.10. The summed E-state index contributed by atoms with van der Waals surface area (Å²) in [6.45, 7) is 0. The van der Waals surface area contributed by atoms with Crippen molar-refractivity contribution in [1.29, 1.82) is 0 Å². The van der Waals surface area contributed by atoms with Gasteiger partial charge in [0.2, 0.25) is 0 Å². The van der Waals surface area contributed by atoms with Crippen LogP contribution in [0.2, 0.25) is 0 Å². The van der Waals surface area contributed by atoms with Crippen LogP contribution in [-0.4, -0.2) is 4.98 Å². The second-order valence-electron chi connectivity index (χ2n) is 3.62. The van der Waals surface area contributed by atoms with Crippen LogP contribution in [0, 0.1) is 0 Å². The Kier molecular flexibility index (Phi) is 2.54. The van der Waals surface area contributed by atoms with Gasteiger partial charge in [-0.1, -0.05) is 12.8 Å². The highest BCUT2D eigenvalue weighted by atomic mass is 79.9. The second-order valence-corrected chi connectivity index (χ2v) is 4.43. The van der Waals surface area contributed by atoms with Crippen LogP contribution < -0.4 is 5.73 Å². The molecule has 0 bridgehead atoms. The lowest BCUT2D eigenvalue weighted by atomic mass is 9.98. The molecular formula is C10H13BrN2. The standard InChI is InChI=1S/C10H13BrN2/c11-10-5-9(12)8(6-13-10)7-3-1-2-4-7/h5-7H,1-4H2,(H2,12,13). The molecule has 0 radical (unpaired) electrons. The van der Waals surface area contributed by atoms with Gasteiger partial charge in [-0.15, -0.1) is 0 Å². The molecule has 0 atom stereocenters. The second kappa shape index (κ2) is 3.66. The van der Waals surface area contributed by atoms with Gasteiger partial charge in [0.25, 0.3) is 0 Å². The van der Waals surface area contributed by atoms with E-state index in [1.54, 1.807) is 0 Å². The molecule has 1 aliphatic carbocycles. The van der Waals surface area contributed by atoms with Gasteiger partial charge in [0.05, 0.1) is 0 Å². The van der Waals surface area contributed by atoms with Crippen LogP contribution in [0.4, 0.5) is 5.69 Å². The molecule has 0 aromatic carbocycles. The molecule has 1 aliphatic rings. The summed E-state index contributed by atoms with van der Waals surface area (Å²) in [5, 5.41) is 0. The van der Waals surface area contributed by atoms with Gasteiger partial charge in [0.15, 0.2) is 0 Å². The number of pyridine rings is 1. The van der Waals surface area contributed by atoms with Gasteiger partial charge in [-0.3, -0.25) is 0 Å². The topological polar surface area (TPSA) is 38.9 Å². The molecule has 0 aliphatic heterocycles. The largest absolute Gasteiger partial charge is 0.398 e. The number of rotatable bonds is 1. The van der Waals surface area contributed by atoms with E-state index in [-0.39, 0.29) is 0 Å². The highest BCUT2D eigenvalue weighted by Crippen LogP contribution is 2.36. The van der Waals surface area contributed by atoms with Gasteiger partial charge >= 0.3 is 0 Å². The fourth-order valence-corrected chi connectivity index (χ4v) is 2.38. The Morgan fingerprint density at radius 2 is 2.08 bits per heavy atom. The maximum Gasteiger partial charge on any atom is 0.108 e. The summed E-state index contributed by atoms with van der Waals surface area (Å²) in [5.41, 5.74) is 8.05. The molecule has 13 heavy (non-hydrogen) atoms. The third-order valence-corrected chi connectivity index (χ3v) is 3.16. The average molecular weight is 241 g/mol. The Balaban J connectivity index is 2.29. The number of hydrogen-bond acceptors (Lipinski definition) is 2. The molecular weight excluding hydrogens is 228 g/mol. The maximum absolute atomic E-state index is 5.93. The summed E-state index contributed by atoms with van der Waals surface area (Å²) >= 11 is 3.31. The van der Waals surface area contributed by atoms with Crippen LogP contribution in [0.5, 0.6) is 0 Å². The fourth-order valence-electron chi connectivity index (χ4n) is 2.03. The lowest BCUT2D eigenvalue weighted by Crippen LogP contribution is -2.00. The molecule has 1 heterocycles. The summed E-state index contributed by atoms with van der Waals surface area (Å²) in [6, 6.07) is 1.90. The van der Waals surface area contributed by atoms with E-state index in [0.717, 1.165) is 10.3 Å². The molecule has 0 unspecified atom stereocenters. The van der Waals surface area contributed by atoms with E-state index in [1.807, 2.05) is 12.3 Å². The fraction of sp³-hybridized carbons (Fsp3) is 0.500. The van der Waals surface area contributed by atoms with Crippen LogP contribution in [0.25, 0.3) is 0 Å². The third-order valence-electron chi connectivity index (χ3n) is 2.73. The van der Waals surface area contributed by atoms with E-state index >= 15 is 0 Å². The Bertz CT molecular complexity index is 306. The first-order chi connectivity index (χ1) is 6.27. The van der Waals surface area contributed by atoms with Crippen molar-refractivity contribution in [1.82, 2.24) is 4.98 Å². The zero-order valence-electron chi connectivity index (χ0n) is 7.46. The molecule has 2 rings (SSSR count). The predicted molar refractivity (Wildman–Crippen MR) is 57.6 cm³/mol. The number of nitrogens with two attached hydrogens (primary N) is 1. The molecule has 2 nitrogen and oxygen atoms in total. The molecule has 0 amide bonds. The van der Waals surface area contributed by atoms with Gasteiger partial charge in [0, 0.05) is 11.9 Å². The van der Waals surface area contributed by atoms with E-state index in [1.165, 1.54) is 31.2 Å². The van der Waals surface area contributed by atoms with Crippen molar-refractivity contribution in [3.05, 3.63) is 22.4 Å². The van der Waals surface area contributed by atoms with Crippen LogP contribution in [0.3, 0.4) is 0 Å². The van der Waals surface area contributed by atoms with E-state index in [9.17, 15) is 0 Å². The van der Waals surface area contributed by atoms with Crippen molar-refractivity contribution in [3.8, 4) is 0 Å². The van der Waals surface area contributed by atoms with Crippen molar-refractivity contribution < 1.29 is 0 Å². The monoisotopic (exact) mass is 240 g/mol. The maximum atomic E-state index is 5.93. The number of nitrogen functional groups attached to an aromatic ring is 1. The van der Waals surface area contributed by atoms with Gasteiger partial charge in [-0.05, 0) is 46.3 Å². The molecule has 1 fully saturated rings. The van der Waals surface area contributed by atoms with Crippen molar-refractivity contribution >= 4 is 21.6 Å². The summed E-state index contributed by atoms with van der Waals surface area (Å²) in [6.07, 6.45) is 7.12. The Hall–Kier alpha value is -0.570. The van der Waals surface area contributed by atoms with Crippen LogP contribution in [-0.2, 0) is 0 Å². The van der Waals surface area contributed by atoms with Gasteiger partial charge in [0.1, 0.15) is 4.60 Å². The van der Waals surface area contributed by atoms with Crippen LogP contribution in [0.1, 0.15) is 37.2 Å². The van der Waals surface area contributed by atoms with E-state index < -0.39 is 0 Å². The van der Waals surface area contributed by atoms with Gasteiger partial charge < -0.3 is 5.73 Å². The molecule has 0 spiro atoms. The Labute approximate surface area is 86.7 Å². The first-order valence-corrected chi connectivity index (χ1v) is 5.47. The predicted octanol–water partition coefficient (Wildman–Crippen LogP) is 3.08. The first-order valence-electron chi connectivity index (χ1n) is 4.68. The zero-order valence-corrected chi connectivity index (χ0v) is 9.05. The normalized spacial score (nSPS) is 17.9. The summed E-state index contributed by atoms with van der Waals surface area (Å²) in [5.74, 6) is 0.653. The SMILES string of the molecule is Nc1cc(Br)ncc1C1CCCC1. The Morgan fingerprint density at radius 1 is 1.38 bits per heavy atom.